The Morgan fingerprint density at radius 3 is 2.65 bits per heavy atom. The van der Waals surface area contributed by atoms with Crippen molar-refractivity contribution in [2.45, 2.75) is 6.54 Å². The van der Waals surface area contributed by atoms with Gasteiger partial charge in [0.2, 0.25) is 0 Å². The predicted molar refractivity (Wildman–Crippen MR) is 101 cm³/mol. The van der Waals surface area contributed by atoms with E-state index in [1.807, 2.05) is 24.3 Å². The number of hydrogen-bond acceptors (Lipinski definition) is 4. The molecule has 7 heteroatoms. The summed E-state index contributed by atoms with van der Waals surface area (Å²) in [7, 11) is 0. The van der Waals surface area contributed by atoms with Gasteiger partial charge in [-0.25, -0.2) is 4.68 Å². The number of amides is 1. The highest BCUT2D eigenvalue weighted by atomic mass is 79.9. The first-order valence-electron chi connectivity index (χ1n) is 8.16. The third-order valence-electron chi connectivity index (χ3n) is 4.01. The zero-order chi connectivity index (χ0) is 17.9. The van der Waals surface area contributed by atoms with E-state index in [0.29, 0.717) is 42.6 Å². The molecule has 0 unspecified atom stereocenters. The van der Waals surface area contributed by atoms with Crippen molar-refractivity contribution < 1.29 is 14.3 Å². The number of fused-ring (bicyclic) bond motifs is 1. The first-order valence-corrected chi connectivity index (χ1v) is 8.95. The monoisotopic (exact) mass is 413 g/mol. The molecule has 1 aromatic heterocycles. The molecule has 0 atom stereocenters. The normalized spacial score (nSPS) is 12.7. The van der Waals surface area contributed by atoms with Gasteiger partial charge >= 0.3 is 0 Å². The molecule has 2 aromatic carbocycles. The number of carbonyl (C=O) groups is 1. The van der Waals surface area contributed by atoms with Crippen molar-refractivity contribution in [3.63, 3.8) is 0 Å². The molecular formula is C19H16BrN3O3. The number of hydrogen-bond donors (Lipinski definition) is 1. The highest BCUT2D eigenvalue weighted by Gasteiger charge is 2.16. The lowest BCUT2D eigenvalue weighted by molar-refractivity contribution is 0.102. The molecule has 2 heterocycles. The smallest absolute Gasteiger partial charge is 0.256 e. The molecule has 0 saturated heterocycles. The summed E-state index contributed by atoms with van der Waals surface area (Å²) in [6.45, 7) is 1.57. The lowest BCUT2D eigenvalue weighted by Crippen LogP contribution is -2.18. The summed E-state index contributed by atoms with van der Waals surface area (Å²) in [6.07, 6.45) is 1.66. The third-order valence-corrected chi connectivity index (χ3v) is 4.54. The van der Waals surface area contributed by atoms with Crippen LogP contribution >= 0.6 is 15.9 Å². The molecule has 1 aliphatic heterocycles. The van der Waals surface area contributed by atoms with Crippen LogP contribution in [0.4, 0.5) is 5.82 Å². The van der Waals surface area contributed by atoms with Gasteiger partial charge < -0.3 is 14.8 Å². The van der Waals surface area contributed by atoms with Crippen LogP contribution in [0.3, 0.4) is 0 Å². The minimum atomic E-state index is -0.223. The molecule has 132 valence electrons. The summed E-state index contributed by atoms with van der Waals surface area (Å²) in [6, 6.07) is 14.9. The zero-order valence-corrected chi connectivity index (χ0v) is 15.4. The van der Waals surface area contributed by atoms with E-state index in [2.05, 4.69) is 26.3 Å². The van der Waals surface area contributed by atoms with Crippen LogP contribution in [-0.4, -0.2) is 28.9 Å². The van der Waals surface area contributed by atoms with Crippen molar-refractivity contribution >= 4 is 27.7 Å². The second-order valence-electron chi connectivity index (χ2n) is 5.81. The Morgan fingerprint density at radius 1 is 1.08 bits per heavy atom. The van der Waals surface area contributed by atoms with Crippen LogP contribution in [0.15, 0.2) is 59.2 Å². The van der Waals surface area contributed by atoms with Gasteiger partial charge in [0.05, 0.1) is 12.7 Å². The summed E-state index contributed by atoms with van der Waals surface area (Å²) in [5, 5.41) is 7.20. The van der Waals surface area contributed by atoms with Crippen LogP contribution in [-0.2, 0) is 6.54 Å². The number of rotatable bonds is 4. The molecule has 3 aromatic rings. The van der Waals surface area contributed by atoms with Crippen LogP contribution in [0.1, 0.15) is 15.9 Å². The number of nitrogens with zero attached hydrogens (tertiary/aromatic N) is 2. The maximum absolute atomic E-state index is 12.6. The summed E-state index contributed by atoms with van der Waals surface area (Å²) in [4.78, 5) is 12.6. The second kappa shape index (κ2) is 7.21. The fourth-order valence-corrected chi connectivity index (χ4v) is 2.97. The largest absolute Gasteiger partial charge is 0.486 e. The van der Waals surface area contributed by atoms with E-state index < -0.39 is 0 Å². The minimum Gasteiger partial charge on any atom is -0.486 e. The van der Waals surface area contributed by atoms with Crippen LogP contribution in [0.5, 0.6) is 11.5 Å². The fraction of sp³-hybridized carbons (Fsp3) is 0.158. The average molecular weight is 414 g/mol. The predicted octanol–water partition coefficient (Wildman–Crippen LogP) is 3.72. The maximum Gasteiger partial charge on any atom is 0.256 e. The Morgan fingerprint density at radius 2 is 1.85 bits per heavy atom. The molecule has 0 bridgehead atoms. The zero-order valence-electron chi connectivity index (χ0n) is 13.8. The first-order chi connectivity index (χ1) is 12.7. The van der Waals surface area contributed by atoms with Crippen LogP contribution in [0.2, 0.25) is 0 Å². The standard InChI is InChI=1S/C19H16BrN3O3/c20-15-4-1-13(2-5-15)12-23-18(7-8-21-23)22-19(24)14-3-6-16-17(11-14)26-10-9-25-16/h1-8,11H,9-10,12H2,(H,22,24). The Hall–Kier alpha value is -2.80. The average Bonchev–Trinajstić information content (AvgIpc) is 3.10. The number of nitrogens with one attached hydrogen (secondary N) is 1. The van der Waals surface area contributed by atoms with Gasteiger partial charge in [-0.2, -0.15) is 5.10 Å². The topological polar surface area (TPSA) is 65.4 Å². The number of halogens is 1. The van der Waals surface area contributed by atoms with Crippen molar-refractivity contribution in [2.75, 3.05) is 18.5 Å². The van der Waals surface area contributed by atoms with Gasteiger partial charge in [0.15, 0.2) is 11.5 Å². The Kier molecular flexibility index (Phi) is 4.62. The van der Waals surface area contributed by atoms with Gasteiger partial charge in [-0.15, -0.1) is 0 Å². The Balaban J connectivity index is 1.50. The van der Waals surface area contributed by atoms with Crippen LogP contribution < -0.4 is 14.8 Å². The highest BCUT2D eigenvalue weighted by molar-refractivity contribution is 9.10. The Bertz CT molecular complexity index is 937. The van der Waals surface area contributed by atoms with Gasteiger partial charge in [0.1, 0.15) is 19.0 Å². The van der Waals surface area contributed by atoms with Crippen LogP contribution in [0, 0.1) is 0 Å². The number of ether oxygens (including phenoxy) is 2. The van der Waals surface area contributed by atoms with Gasteiger partial charge in [-0.1, -0.05) is 28.1 Å². The molecule has 1 aliphatic rings. The lowest BCUT2D eigenvalue weighted by atomic mass is 10.2. The highest BCUT2D eigenvalue weighted by Crippen LogP contribution is 2.31. The number of carbonyl (C=O) groups excluding carboxylic acids is 1. The molecule has 0 fully saturated rings. The summed E-state index contributed by atoms with van der Waals surface area (Å²) < 4.78 is 13.8. The number of aromatic nitrogens is 2. The van der Waals surface area contributed by atoms with E-state index >= 15 is 0 Å². The van der Waals surface area contributed by atoms with E-state index in [0.717, 1.165) is 10.0 Å². The molecule has 0 saturated carbocycles. The van der Waals surface area contributed by atoms with Gasteiger partial charge in [-0.05, 0) is 35.9 Å². The van der Waals surface area contributed by atoms with Gasteiger partial charge in [0, 0.05) is 16.1 Å². The fourth-order valence-electron chi connectivity index (χ4n) is 2.70. The van der Waals surface area contributed by atoms with Crippen molar-refractivity contribution in [1.82, 2.24) is 9.78 Å². The van der Waals surface area contributed by atoms with Crippen LogP contribution in [0.25, 0.3) is 0 Å². The van der Waals surface area contributed by atoms with Gasteiger partial charge in [0.25, 0.3) is 5.91 Å². The minimum absolute atomic E-state index is 0.223. The summed E-state index contributed by atoms with van der Waals surface area (Å²) >= 11 is 3.42. The molecule has 0 aliphatic carbocycles. The molecule has 4 rings (SSSR count). The van der Waals surface area contributed by atoms with E-state index in [1.165, 1.54) is 0 Å². The Labute approximate surface area is 158 Å². The van der Waals surface area contributed by atoms with E-state index in [1.54, 1.807) is 35.1 Å². The maximum atomic E-state index is 12.6. The molecular weight excluding hydrogens is 398 g/mol. The molecule has 1 N–H and O–H groups in total. The van der Waals surface area contributed by atoms with Crippen molar-refractivity contribution in [3.8, 4) is 11.5 Å². The molecule has 0 spiro atoms. The number of anilines is 1. The molecule has 6 nitrogen and oxygen atoms in total. The first kappa shape index (κ1) is 16.7. The summed E-state index contributed by atoms with van der Waals surface area (Å²) in [5.41, 5.74) is 1.59. The number of benzene rings is 2. The second-order valence-corrected chi connectivity index (χ2v) is 6.73. The van der Waals surface area contributed by atoms with Crippen molar-refractivity contribution in [2.24, 2.45) is 0 Å². The summed E-state index contributed by atoms with van der Waals surface area (Å²) in [5.74, 6) is 1.66. The van der Waals surface area contributed by atoms with E-state index in [9.17, 15) is 4.79 Å². The quantitative estimate of drug-likeness (QED) is 0.707. The SMILES string of the molecule is O=C(Nc1ccnn1Cc1ccc(Br)cc1)c1ccc2c(c1)OCCO2. The van der Waals surface area contributed by atoms with Gasteiger partial charge in [-0.3, -0.25) is 4.79 Å². The van der Waals surface area contributed by atoms with E-state index in [4.69, 9.17) is 9.47 Å². The molecule has 26 heavy (non-hydrogen) atoms. The van der Waals surface area contributed by atoms with Crippen molar-refractivity contribution in [3.05, 3.63) is 70.3 Å². The lowest BCUT2D eigenvalue weighted by Gasteiger charge is -2.18. The van der Waals surface area contributed by atoms with Crippen molar-refractivity contribution in [1.29, 1.82) is 0 Å². The van der Waals surface area contributed by atoms with E-state index in [-0.39, 0.29) is 5.91 Å². The molecule has 1 amide bonds. The molecule has 0 radical (unpaired) electrons. The third kappa shape index (κ3) is 3.57.